The average molecular weight is 270 g/mol. The summed E-state index contributed by atoms with van der Waals surface area (Å²) >= 11 is 5.99. The largest absolute Gasteiger partial charge is 0.366 e. The number of aromatic nitrogens is 2. The maximum Gasteiger partial charge on any atom is 0.285 e. The van der Waals surface area contributed by atoms with Crippen LogP contribution < -0.4 is 15.8 Å². The number of nitrogens with one attached hydrogen (secondary N) is 2. The third-order valence-electron chi connectivity index (χ3n) is 3.65. The first-order chi connectivity index (χ1) is 8.75. The number of hydrogen-bond donors (Lipinski definition) is 2. The third kappa shape index (κ3) is 2.11. The lowest BCUT2D eigenvalue weighted by Crippen LogP contribution is -2.63. The van der Waals surface area contributed by atoms with Crippen molar-refractivity contribution < 1.29 is 0 Å². The molecule has 0 bridgehead atoms. The van der Waals surface area contributed by atoms with Gasteiger partial charge >= 0.3 is 0 Å². The number of H-pyrrole nitrogens is 1. The average Bonchev–Trinajstić information content (AvgIpc) is 2.34. The maximum absolute atomic E-state index is 11.4. The molecule has 0 radical (unpaired) electrons. The second-order valence-corrected chi connectivity index (χ2v) is 5.12. The first kappa shape index (κ1) is 12.0. The minimum atomic E-state index is -0.320. The molecule has 2 fully saturated rings. The molecule has 2 aliphatic rings. The number of rotatable bonds is 2. The molecule has 2 saturated heterocycles. The molecule has 2 N–H and O–H groups in total. The summed E-state index contributed by atoms with van der Waals surface area (Å²) in [5.74, 6) is 0. The van der Waals surface area contributed by atoms with Gasteiger partial charge in [-0.3, -0.25) is 9.69 Å². The van der Waals surface area contributed by atoms with Gasteiger partial charge in [0.2, 0.25) is 0 Å². The Hall–Kier alpha value is -1.11. The van der Waals surface area contributed by atoms with Crippen LogP contribution in [-0.4, -0.2) is 60.4 Å². The van der Waals surface area contributed by atoms with Crippen LogP contribution in [0.3, 0.4) is 0 Å². The van der Waals surface area contributed by atoms with Gasteiger partial charge in [-0.2, -0.15) is 5.10 Å². The Morgan fingerprint density at radius 3 is 2.78 bits per heavy atom. The summed E-state index contributed by atoms with van der Waals surface area (Å²) in [5.41, 5.74) is 0.423. The standard InChI is InChI=1S/C11H16ClN5O/c12-10-9(5-14-15-11(10)18)17-6-8(7-17)16-3-1-13-2-4-16/h5,8,13H,1-4,6-7H2,(H,15,18). The first-order valence-electron chi connectivity index (χ1n) is 6.18. The van der Waals surface area contributed by atoms with E-state index in [4.69, 9.17) is 11.6 Å². The minimum Gasteiger partial charge on any atom is -0.366 e. The summed E-state index contributed by atoms with van der Waals surface area (Å²) in [4.78, 5) is 16.0. The van der Waals surface area contributed by atoms with Crippen LogP contribution in [0.25, 0.3) is 0 Å². The highest BCUT2D eigenvalue weighted by atomic mass is 35.5. The summed E-state index contributed by atoms with van der Waals surface area (Å²) < 4.78 is 0. The fourth-order valence-corrected chi connectivity index (χ4v) is 2.74. The molecule has 0 spiro atoms. The van der Waals surface area contributed by atoms with Gasteiger partial charge in [0.25, 0.3) is 5.56 Å². The Kier molecular flexibility index (Phi) is 3.23. The monoisotopic (exact) mass is 269 g/mol. The number of halogens is 1. The number of nitrogens with zero attached hydrogens (tertiary/aromatic N) is 3. The van der Waals surface area contributed by atoms with Gasteiger partial charge in [-0.15, -0.1) is 0 Å². The molecular formula is C11H16ClN5O. The summed E-state index contributed by atoms with van der Waals surface area (Å²) in [6.45, 7) is 6.16. The molecule has 0 atom stereocenters. The van der Waals surface area contributed by atoms with E-state index >= 15 is 0 Å². The SMILES string of the molecule is O=c1[nH]ncc(N2CC(N3CCNCC3)C2)c1Cl. The van der Waals surface area contributed by atoms with E-state index in [1.54, 1.807) is 6.20 Å². The predicted molar refractivity (Wildman–Crippen MR) is 70.3 cm³/mol. The van der Waals surface area contributed by atoms with Crippen LogP contribution in [0.5, 0.6) is 0 Å². The van der Waals surface area contributed by atoms with Crippen molar-refractivity contribution in [2.75, 3.05) is 44.2 Å². The van der Waals surface area contributed by atoms with E-state index < -0.39 is 0 Å². The first-order valence-corrected chi connectivity index (χ1v) is 6.56. The van der Waals surface area contributed by atoms with E-state index in [0.717, 1.165) is 45.0 Å². The van der Waals surface area contributed by atoms with Gasteiger partial charge in [0, 0.05) is 45.3 Å². The highest BCUT2D eigenvalue weighted by Crippen LogP contribution is 2.27. The third-order valence-corrected chi connectivity index (χ3v) is 4.01. The minimum absolute atomic E-state index is 0.240. The fourth-order valence-electron chi connectivity index (χ4n) is 2.52. The normalized spacial score (nSPS) is 21.9. The Morgan fingerprint density at radius 2 is 2.06 bits per heavy atom. The molecule has 2 aliphatic heterocycles. The van der Waals surface area contributed by atoms with E-state index in [-0.39, 0.29) is 10.6 Å². The van der Waals surface area contributed by atoms with E-state index in [1.165, 1.54) is 0 Å². The lowest BCUT2D eigenvalue weighted by molar-refractivity contribution is 0.147. The zero-order chi connectivity index (χ0) is 12.5. The molecule has 1 aromatic rings. The second-order valence-electron chi connectivity index (χ2n) is 4.74. The summed E-state index contributed by atoms with van der Waals surface area (Å²) in [6.07, 6.45) is 1.62. The molecule has 0 unspecified atom stereocenters. The van der Waals surface area contributed by atoms with Crippen molar-refractivity contribution in [3.05, 3.63) is 21.6 Å². The lowest BCUT2D eigenvalue weighted by Gasteiger charge is -2.47. The van der Waals surface area contributed by atoms with Crippen molar-refractivity contribution in [2.45, 2.75) is 6.04 Å². The molecule has 0 aliphatic carbocycles. The van der Waals surface area contributed by atoms with Crippen LogP contribution in [0.4, 0.5) is 5.69 Å². The van der Waals surface area contributed by atoms with Crippen LogP contribution in [0.1, 0.15) is 0 Å². The number of anilines is 1. The quantitative estimate of drug-likeness (QED) is 0.759. The molecule has 7 heteroatoms. The van der Waals surface area contributed by atoms with Crippen molar-refractivity contribution in [3.8, 4) is 0 Å². The Bertz CT molecular complexity index is 479. The van der Waals surface area contributed by atoms with Crippen molar-refractivity contribution in [1.29, 1.82) is 0 Å². The zero-order valence-corrected chi connectivity index (χ0v) is 10.8. The van der Waals surface area contributed by atoms with Crippen molar-refractivity contribution >= 4 is 17.3 Å². The van der Waals surface area contributed by atoms with E-state index in [2.05, 4.69) is 25.3 Å². The van der Waals surface area contributed by atoms with Gasteiger partial charge < -0.3 is 10.2 Å². The molecule has 0 saturated carbocycles. The zero-order valence-electron chi connectivity index (χ0n) is 10.0. The van der Waals surface area contributed by atoms with Gasteiger partial charge in [0.1, 0.15) is 5.02 Å². The molecule has 1 aromatic heterocycles. The smallest absolute Gasteiger partial charge is 0.285 e. The van der Waals surface area contributed by atoms with Crippen molar-refractivity contribution in [2.24, 2.45) is 0 Å². The van der Waals surface area contributed by atoms with Crippen molar-refractivity contribution in [3.63, 3.8) is 0 Å². The predicted octanol–water partition coefficient (Wildman–Crippen LogP) is -0.483. The van der Waals surface area contributed by atoms with Gasteiger partial charge in [-0.25, -0.2) is 5.10 Å². The van der Waals surface area contributed by atoms with E-state index in [0.29, 0.717) is 6.04 Å². The van der Waals surface area contributed by atoms with Crippen LogP contribution in [0, 0.1) is 0 Å². The van der Waals surface area contributed by atoms with E-state index in [1.807, 2.05) is 0 Å². The van der Waals surface area contributed by atoms with Gasteiger partial charge in [0.15, 0.2) is 0 Å². The lowest BCUT2D eigenvalue weighted by atomic mass is 10.1. The Balaban J connectivity index is 1.64. The van der Waals surface area contributed by atoms with Gasteiger partial charge in [0.05, 0.1) is 11.9 Å². The topological polar surface area (TPSA) is 64.3 Å². The molecular weight excluding hydrogens is 254 g/mol. The Morgan fingerprint density at radius 1 is 1.33 bits per heavy atom. The highest BCUT2D eigenvalue weighted by Gasteiger charge is 2.33. The summed E-state index contributed by atoms with van der Waals surface area (Å²) in [5, 5.41) is 9.72. The van der Waals surface area contributed by atoms with Crippen LogP contribution >= 0.6 is 11.6 Å². The van der Waals surface area contributed by atoms with Crippen LogP contribution in [-0.2, 0) is 0 Å². The summed E-state index contributed by atoms with van der Waals surface area (Å²) in [6, 6.07) is 0.572. The molecule has 98 valence electrons. The van der Waals surface area contributed by atoms with Crippen molar-refractivity contribution in [1.82, 2.24) is 20.4 Å². The molecule has 0 amide bonds. The molecule has 0 aromatic carbocycles. The second kappa shape index (κ2) is 4.87. The van der Waals surface area contributed by atoms with Crippen LogP contribution in [0.2, 0.25) is 5.02 Å². The molecule has 18 heavy (non-hydrogen) atoms. The molecule has 6 nitrogen and oxygen atoms in total. The molecule has 3 rings (SSSR count). The Labute approximate surface area is 110 Å². The summed E-state index contributed by atoms with van der Waals surface area (Å²) in [7, 11) is 0. The van der Waals surface area contributed by atoms with Gasteiger partial charge in [-0.1, -0.05) is 11.6 Å². The van der Waals surface area contributed by atoms with E-state index in [9.17, 15) is 4.79 Å². The van der Waals surface area contributed by atoms with Gasteiger partial charge in [-0.05, 0) is 0 Å². The molecule has 3 heterocycles. The maximum atomic E-state index is 11.4. The number of hydrogen-bond acceptors (Lipinski definition) is 5. The number of piperazine rings is 1. The fraction of sp³-hybridized carbons (Fsp3) is 0.636. The number of aromatic amines is 1. The highest BCUT2D eigenvalue weighted by molar-refractivity contribution is 6.33. The van der Waals surface area contributed by atoms with Crippen LogP contribution in [0.15, 0.2) is 11.0 Å².